The molecule has 1 aromatic carbocycles. The van der Waals surface area contributed by atoms with Crippen LogP contribution in [0.5, 0.6) is 0 Å². The number of benzene rings is 1. The highest BCUT2D eigenvalue weighted by atomic mass is 16.3. The van der Waals surface area contributed by atoms with Gasteiger partial charge in [-0.05, 0) is 24.0 Å². The molecule has 25 heavy (non-hydrogen) atoms. The molecular formula is C18H20N4O3. The van der Waals surface area contributed by atoms with Crippen LogP contribution in [-0.2, 0) is 9.59 Å². The second-order valence-electron chi connectivity index (χ2n) is 5.99. The molecule has 0 saturated carbocycles. The van der Waals surface area contributed by atoms with Gasteiger partial charge >= 0.3 is 0 Å². The average Bonchev–Trinajstić information content (AvgIpc) is 3.16. The number of amides is 2. The Labute approximate surface area is 145 Å². The summed E-state index contributed by atoms with van der Waals surface area (Å²) in [5, 5.41) is 12.5. The van der Waals surface area contributed by atoms with Gasteiger partial charge in [0.25, 0.3) is 0 Å². The fourth-order valence-corrected chi connectivity index (χ4v) is 3.06. The molecule has 130 valence electrons. The summed E-state index contributed by atoms with van der Waals surface area (Å²) >= 11 is 0. The van der Waals surface area contributed by atoms with Crippen molar-refractivity contribution in [1.29, 1.82) is 0 Å². The van der Waals surface area contributed by atoms with Crippen molar-refractivity contribution in [1.82, 2.24) is 20.2 Å². The van der Waals surface area contributed by atoms with E-state index in [-0.39, 0.29) is 12.5 Å². The van der Waals surface area contributed by atoms with Gasteiger partial charge in [-0.3, -0.25) is 9.59 Å². The second-order valence-corrected chi connectivity index (χ2v) is 5.99. The topological polar surface area (TPSA) is 95.4 Å². The molecule has 2 unspecified atom stereocenters. The number of aromatic nitrogens is 2. The molecule has 7 heteroatoms. The number of aliphatic hydroxyl groups excluding tert-OH is 1. The molecule has 2 aromatic rings. The maximum absolute atomic E-state index is 12.4. The van der Waals surface area contributed by atoms with Crippen molar-refractivity contribution in [3.8, 4) is 11.1 Å². The summed E-state index contributed by atoms with van der Waals surface area (Å²) in [7, 11) is 0. The Bertz CT molecular complexity index is 721. The normalized spacial score (nSPS) is 18.0. The van der Waals surface area contributed by atoms with Crippen LogP contribution in [-0.4, -0.2) is 51.5 Å². The molecule has 2 atom stereocenters. The van der Waals surface area contributed by atoms with Crippen LogP contribution < -0.4 is 5.32 Å². The first-order chi connectivity index (χ1) is 12.2. The first kappa shape index (κ1) is 17.0. The molecule has 0 spiro atoms. The number of hydrogen-bond donors (Lipinski definition) is 2. The number of nitrogens with one attached hydrogen (secondary N) is 1. The number of carbonyl (C=O) groups is 2. The molecular weight excluding hydrogens is 320 g/mol. The number of likely N-dealkylation sites (tertiary alicyclic amines) is 1. The van der Waals surface area contributed by atoms with Gasteiger partial charge in [-0.25, -0.2) is 9.97 Å². The molecule has 2 amide bonds. The SMILES string of the molecule is O=CN1CCCC1C(=O)NC(CO)c1ccc(-c2cncnc2)cc1. The van der Waals surface area contributed by atoms with Gasteiger partial charge in [0.15, 0.2) is 0 Å². The monoisotopic (exact) mass is 340 g/mol. The fraction of sp³-hybridized carbons (Fsp3) is 0.333. The summed E-state index contributed by atoms with van der Waals surface area (Å²) in [6.07, 6.45) is 7.09. The van der Waals surface area contributed by atoms with E-state index in [1.165, 1.54) is 11.2 Å². The number of carbonyl (C=O) groups excluding carboxylic acids is 2. The average molecular weight is 340 g/mol. The van der Waals surface area contributed by atoms with E-state index in [4.69, 9.17) is 0 Å². The van der Waals surface area contributed by atoms with Gasteiger partial charge in [0.1, 0.15) is 12.4 Å². The lowest BCUT2D eigenvalue weighted by Gasteiger charge is -2.23. The van der Waals surface area contributed by atoms with E-state index in [1.807, 2.05) is 24.3 Å². The maximum Gasteiger partial charge on any atom is 0.243 e. The van der Waals surface area contributed by atoms with Gasteiger partial charge in [0.2, 0.25) is 12.3 Å². The lowest BCUT2D eigenvalue weighted by molar-refractivity contribution is -0.131. The number of nitrogens with zero attached hydrogens (tertiary/aromatic N) is 3. The molecule has 0 bridgehead atoms. The van der Waals surface area contributed by atoms with Crippen molar-refractivity contribution in [3.05, 3.63) is 48.5 Å². The fourth-order valence-electron chi connectivity index (χ4n) is 3.06. The van der Waals surface area contributed by atoms with Crippen molar-refractivity contribution < 1.29 is 14.7 Å². The summed E-state index contributed by atoms with van der Waals surface area (Å²) in [6, 6.07) is 6.55. The van der Waals surface area contributed by atoms with E-state index < -0.39 is 12.1 Å². The Morgan fingerprint density at radius 3 is 2.64 bits per heavy atom. The van der Waals surface area contributed by atoms with Crippen LogP contribution in [0.1, 0.15) is 24.4 Å². The number of aliphatic hydroxyl groups is 1. The van der Waals surface area contributed by atoms with Gasteiger partial charge in [0, 0.05) is 24.5 Å². The predicted octanol–water partition coefficient (Wildman–Crippen LogP) is 0.914. The minimum absolute atomic E-state index is 0.215. The zero-order valence-corrected chi connectivity index (χ0v) is 13.7. The Balaban J connectivity index is 1.70. The molecule has 1 aliphatic rings. The van der Waals surface area contributed by atoms with Crippen LogP contribution in [0.15, 0.2) is 43.0 Å². The van der Waals surface area contributed by atoms with Crippen LogP contribution in [0.25, 0.3) is 11.1 Å². The number of hydrogen-bond acceptors (Lipinski definition) is 5. The molecule has 3 rings (SSSR count). The van der Waals surface area contributed by atoms with Crippen molar-refractivity contribution in [2.75, 3.05) is 13.2 Å². The van der Waals surface area contributed by atoms with Crippen molar-refractivity contribution in [3.63, 3.8) is 0 Å². The minimum Gasteiger partial charge on any atom is -0.394 e. The quantitative estimate of drug-likeness (QED) is 0.762. The van der Waals surface area contributed by atoms with E-state index in [2.05, 4.69) is 15.3 Å². The van der Waals surface area contributed by atoms with Gasteiger partial charge in [-0.2, -0.15) is 0 Å². The minimum atomic E-state index is -0.511. The largest absolute Gasteiger partial charge is 0.394 e. The van der Waals surface area contributed by atoms with Crippen molar-refractivity contribution >= 4 is 12.3 Å². The third-order valence-electron chi connectivity index (χ3n) is 4.44. The highest BCUT2D eigenvalue weighted by molar-refractivity contribution is 5.84. The van der Waals surface area contributed by atoms with Crippen molar-refractivity contribution in [2.45, 2.75) is 24.9 Å². The van der Waals surface area contributed by atoms with Crippen LogP contribution in [0.4, 0.5) is 0 Å². The van der Waals surface area contributed by atoms with E-state index in [1.54, 1.807) is 12.4 Å². The van der Waals surface area contributed by atoms with Crippen LogP contribution in [0.2, 0.25) is 0 Å². The molecule has 7 nitrogen and oxygen atoms in total. The van der Waals surface area contributed by atoms with Gasteiger partial charge in [0.05, 0.1) is 12.6 Å². The molecule has 1 fully saturated rings. The number of rotatable bonds is 6. The zero-order chi connectivity index (χ0) is 17.6. The Morgan fingerprint density at radius 2 is 2.00 bits per heavy atom. The third kappa shape index (κ3) is 3.83. The predicted molar refractivity (Wildman–Crippen MR) is 91.2 cm³/mol. The summed E-state index contributed by atoms with van der Waals surface area (Å²) in [5.41, 5.74) is 2.65. The summed E-state index contributed by atoms with van der Waals surface area (Å²) in [5.74, 6) is -0.232. The molecule has 1 aliphatic heterocycles. The lowest BCUT2D eigenvalue weighted by Crippen LogP contribution is -2.44. The maximum atomic E-state index is 12.4. The smallest absolute Gasteiger partial charge is 0.243 e. The zero-order valence-electron chi connectivity index (χ0n) is 13.7. The third-order valence-corrected chi connectivity index (χ3v) is 4.44. The Kier molecular flexibility index (Phi) is 5.35. The Hall–Kier alpha value is -2.80. The van der Waals surface area contributed by atoms with Crippen molar-refractivity contribution in [2.24, 2.45) is 0 Å². The van der Waals surface area contributed by atoms with Crippen LogP contribution in [0, 0.1) is 0 Å². The lowest BCUT2D eigenvalue weighted by atomic mass is 10.0. The molecule has 1 aromatic heterocycles. The summed E-state index contributed by atoms with van der Waals surface area (Å²) in [6.45, 7) is 0.382. The first-order valence-electron chi connectivity index (χ1n) is 8.20. The molecule has 1 saturated heterocycles. The molecule has 0 aliphatic carbocycles. The molecule has 0 radical (unpaired) electrons. The first-order valence-corrected chi connectivity index (χ1v) is 8.20. The Morgan fingerprint density at radius 1 is 1.28 bits per heavy atom. The van der Waals surface area contributed by atoms with E-state index in [0.717, 1.165) is 23.1 Å². The van der Waals surface area contributed by atoms with E-state index >= 15 is 0 Å². The standard InChI is InChI=1S/C18H20N4O3/c23-10-16(21-18(25)17-2-1-7-22(17)12-24)14-5-3-13(4-6-14)15-8-19-11-20-9-15/h3-6,8-9,11-12,16-17,23H,1-2,7,10H2,(H,21,25). The van der Waals surface area contributed by atoms with E-state index in [9.17, 15) is 14.7 Å². The van der Waals surface area contributed by atoms with Crippen LogP contribution >= 0.6 is 0 Å². The van der Waals surface area contributed by atoms with Gasteiger partial charge < -0.3 is 15.3 Å². The second kappa shape index (κ2) is 7.85. The summed E-state index contributed by atoms with van der Waals surface area (Å²) in [4.78, 5) is 32.9. The van der Waals surface area contributed by atoms with E-state index in [0.29, 0.717) is 19.4 Å². The highest BCUT2D eigenvalue weighted by Crippen LogP contribution is 2.22. The molecule has 2 N–H and O–H groups in total. The van der Waals surface area contributed by atoms with Crippen LogP contribution in [0.3, 0.4) is 0 Å². The summed E-state index contributed by atoms with van der Waals surface area (Å²) < 4.78 is 0. The van der Waals surface area contributed by atoms with Gasteiger partial charge in [-0.15, -0.1) is 0 Å². The van der Waals surface area contributed by atoms with Gasteiger partial charge in [-0.1, -0.05) is 24.3 Å². The highest BCUT2D eigenvalue weighted by Gasteiger charge is 2.30. The molecule has 2 heterocycles.